The van der Waals surface area contributed by atoms with Crippen molar-refractivity contribution in [2.45, 2.75) is 32.6 Å². The Morgan fingerprint density at radius 3 is 1.93 bits per heavy atom. The summed E-state index contributed by atoms with van der Waals surface area (Å²) in [5, 5.41) is 8.66. The minimum atomic E-state index is -3.75. The molecule has 6 heteroatoms. The van der Waals surface area contributed by atoms with E-state index in [4.69, 9.17) is 5.11 Å². The SMILES string of the molecule is CC(C)C(F)(F)C(=O)C=C(O)C(C)(F)F. The van der Waals surface area contributed by atoms with Crippen molar-refractivity contribution in [3.8, 4) is 0 Å². The first kappa shape index (κ1) is 13.9. The van der Waals surface area contributed by atoms with Crippen LogP contribution in [-0.4, -0.2) is 22.7 Å². The average Bonchev–Trinajstić information content (AvgIpc) is 2.01. The number of rotatable bonds is 4. The standard InChI is InChI=1S/C9H12F4O2/c1-5(2)9(12,13)7(15)4-6(14)8(3,10)11/h4-5,14H,1-3H3. The molecule has 0 aromatic heterocycles. The normalized spacial score (nSPS) is 14.5. The highest BCUT2D eigenvalue weighted by atomic mass is 19.3. The molecule has 0 radical (unpaired) electrons. The van der Waals surface area contributed by atoms with E-state index in [1.807, 2.05) is 0 Å². The molecule has 0 rings (SSSR count). The largest absolute Gasteiger partial charge is 0.506 e. The number of ketones is 1. The van der Waals surface area contributed by atoms with Crippen LogP contribution in [0, 0.1) is 5.92 Å². The summed E-state index contributed by atoms with van der Waals surface area (Å²) in [7, 11) is 0. The van der Waals surface area contributed by atoms with E-state index in [-0.39, 0.29) is 6.08 Å². The van der Waals surface area contributed by atoms with Gasteiger partial charge in [-0.2, -0.15) is 17.6 Å². The Morgan fingerprint density at radius 2 is 1.67 bits per heavy atom. The van der Waals surface area contributed by atoms with Crippen molar-refractivity contribution in [3.63, 3.8) is 0 Å². The molecule has 88 valence electrons. The smallest absolute Gasteiger partial charge is 0.311 e. The summed E-state index contributed by atoms with van der Waals surface area (Å²) >= 11 is 0. The summed E-state index contributed by atoms with van der Waals surface area (Å²) in [6.07, 6.45) is -0.125. The van der Waals surface area contributed by atoms with Crippen LogP contribution in [0.5, 0.6) is 0 Å². The quantitative estimate of drug-likeness (QED) is 0.456. The van der Waals surface area contributed by atoms with Gasteiger partial charge in [0.25, 0.3) is 0 Å². The van der Waals surface area contributed by atoms with Crippen molar-refractivity contribution >= 4 is 5.78 Å². The lowest BCUT2D eigenvalue weighted by Gasteiger charge is -2.17. The van der Waals surface area contributed by atoms with Crippen molar-refractivity contribution in [3.05, 3.63) is 11.8 Å². The van der Waals surface area contributed by atoms with E-state index >= 15 is 0 Å². The van der Waals surface area contributed by atoms with E-state index < -0.39 is 29.3 Å². The molecule has 15 heavy (non-hydrogen) atoms. The van der Waals surface area contributed by atoms with Crippen LogP contribution in [0.15, 0.2) is 11.8 Å². The molecule has 0 aliphatic rings. The molecule has 0 spiro atoms. The second kappa shape index (κ2) is 4.20. The van der Waals surface area contributed by atoms with E-state index in [1.54, 1.807) is 0 Å². The van der Waals surface area contributed by atoms with Gasteiger partial charge in [-0.15, -0.1) is 0 Å². The van der Waals surface area contributed by atoms with Crippen molar-refractivity contribution in [2.75, 3.05) is 0 Å². The van der Waals surface area contributed by atoms with Gasteiger partial charge in [-0.25, -0.2) is 0 Å². The van der Waals surface area contributed by atoms with Crippen LogP contribution in [-0.2, 0) is 4.79 Å². The number of aliphatic hydroxyl groups is 1. The summed E-state index contributed by atoms with van der Waals surface area (Å²) < 4.78 is 50.6. The number of hydrogen-bond donors (Lipinski definition) is 1. The zero-order chi connectivity index (χ0) is 12.4. The first-order valence-electron chi connectivity index (χ1n) is 4.20. The number of alkyl halides is 4. The van der Waals surface area contributed by atoms with E-state index in [0.717, 1.165) is 13.8 Å². The lowest BCUT2D eigenvalue weighted by atomic mass is 10.0. The first-order chi connectivity index (χ1) is 6.49. The molecule has 1 N–H and O–H groups in total. The fourth-order valence-corrected chi connectivity index (χ4v) is 0.632. The third kappa shape index (κ3) is 3.53. The molecule has 0 saturated carbocycles. The predicted molar refractivity (Wildman–Crippen MR) is 46.1 cm³/mol. The maximum atomic E-state index is 12.9. The molecule has 0 aromatic rings. The number of aliphatic hydroxyl groups excluding tert-OH is 1. The van der Waals surface area contributed by atoms with E-state index in [2.05, 4.69) is 0 Å². The van der Waals surface area contributed by atoms with Crippen LogP contribution in [0.25, 0.3) is 0 Å². The Balaban J connectivity index is 4.92. The molecule has 0 aliphatic carbocycles. The van der Waals surface area contributed by atoms with E-state index in [9.17, 15) is 22.4 Å². The summed E-state index contributed by atoms with van der Waals surface area (Å²) in [4.78, 5) is 10.8. The maximum Gasteiger partial charge on any atom is 0.311 e. The molecule has 0 heterocycles. The highest BCUT2D eigenvalue weighted by molar-refractivity contribution is 5.96. The van der Waals surface area contributed by atoms with Crippen LogP contribution in [0.2, 0.25) is 0 Å². The molecule has 0 aromatic carbocycles. The zero-order valence-electron chi connectivity index (χ0n) is 8.52. The Bertz CT molecular complexity index is 276. The second-order valence-electron chi connectivity index (χ2n) is 3.56. The maximum absolute atomic E-state index is 12.9. The van der Waals surface area contributed by atoms with Gasteiger partial charge in [-0.05, 0) is 0 Å². The highest BCUT2D eigenvalue weighted by Crippen LogP contribution is 2.28. The molecular formula is C9H12F4O2. The highest BCUT2D eigenvalue weighted by Gasteiger charge is 2.42. The predicted octanol–water partition coefficient (Wildman–Crippen LogP) is 2.94. The topological polar surface area (TPSA) is 37.3 Å². The van der Waals surface area contributed by atoms with Gasteiger partial charge in [-0.3, -0.25) is 4.79 Å². The summed E-state index contributed by atoms with van der Waals surface area (Å²) in [6.45, 7) is 2.46. The molecule has 0 fully saturated rings. The van der Waals surface area contributed by atoms with Crippen LogP contribution >= 0.6 is 0 Å². The van der Waals surface area contributed by atoms with Gasteiger partial charge in [0.05, 0.1) is 0 Å². The number of carbonyl (C=O) groups excluding carboxylic acids is 1. The third-order valence-corrected chi connectivity index (χ3v) is 1.77. The molecule has 0 bridgehead atoms. The summed E-state index contributed by atoms with van der Waals surface area (Å²) in [5.41, 5.74) is 0. The van der Waals surface area contributed by atoms with E-state index in [1.165, 1.54) is 0 Å². The monoisotopic (exact) mass is 228 g/mol. The lowest BCUT2D eigenvalue weighted by molar-refractivity contribution is -0.144. The molecule has 0 saturated heterocycles. The van der Waals surface area contributed by atoms with Gasteiger partial charge < -0.3 is 5.11 Å². The Kier molecular flexibility index (Phi) is 3.90. The van der Waals surface area contributed by atoms with Crippen molar-refractivity contribution in [1.29, 1.82) is 0 Å². The average molecular weight is 228 g/mol. The molecule has 0 aliphatic heterocycles. The van der Waals surface area contributed by atoms with Gasteiger partial charge >= 0.3 is 11.8 Å². The number of allylic oxidation sites excluding steroid dienone is 2. The Hall–Kier alpha value is -1.07. The lowest BCUT2D eigenvalue weighted by Crippen LogP contribution is -2.34. The van der Waals surface area contributed by atoms with Crippen LogP contribution in [0.1, 0.15) is 20.8 Å². The Morgan fingerprint density at radius 1 is 1.27 bits per heavy atom. The van der Waals surface area contributed by atoms with Crippen molar-refractivity contribution in [2.24, 2.45) is 5.92 Å². The first-order valence-corrected chi connectivity index (χ1v) is 4.20. The second-order valence-corrected chi connectivity index (χ2v) is 3.56. The molecule has 2 nitrogen and oxygen atoms in total. The van der Waals surface area contributed by atoms with Gasteiger partial charge in [0.1, 0.15) is 0 Å². The fourth-order valence-electron chi connectivity index (χ4n) is 0.632. The van der Waals surface area contributed by atoms with Gasteiger partial charge in [-0.1, -0.05) is 13.8 Å². The van der Waals surface area contributed by atoms with Gasteiger partial charge in [0.2, 0.25) is 5.78 Å². The van der Waals surface area contributed by atoms with Gasteiger partial charge in [0, 0.05) is 18.9 Å². The zero-order valence-corrected chi connectivity index (χ0v) is 8.52. The fraction of sp³-hybridized carbons (Fsp3) is 0.667. The van der Waals surface area contributed by atoms with Crippen LogP contribution in [0.4, 0.5) is 17.6 Å². The van der Waals surface area contributed by atoms with Crippen molar-refractivity contribution in [1.82, 2.24) is 0 Å². The summed E-state index contributed by atoms with van der Waals surface area (Å²) in [6, 6.07) is 0. The molecule has 0 unspecified atom stereocenters. The van der Waals surface area contributed by atoms with Crippen molar-refractivity contribution < 1.29 is 27.5 Å². The molecular weight excluding hydrogens is 216 g/mol. The number of carbonyl (C=O) groups is 1. The summed E-state index contributed by atoms with van der Waals surface area (Å²) in [5.74, 6) is -12.2. The molecule has 0 amide bonds. The van der Waals surface area contributed by atoms with E-state index in [0.29, 0.717) is 6.92 Å². The Labute approximate surface area is 84.6 Å². The van der Waals surface area contributed by atoms with Gasteiger partial charge in [0.15, 0.2) is 5.76 Å². The minimum Gasteiger partial charge on any atom is -0.506 e. The molecule has 0 atom stereocenters. The minimum absolute atomic E-state index is 0.125. The number of halogens is 4. The van der Waals surface area contributed by atoms with Crippen LogP contribution in [0.3, 0.4) is 0 Å². The van der Waals surface area contributed by atoms with Crippen LogP contribution < -0.4 is 0 Å². The number of hydrogen-bond acceptors (Lipinski definition) is 2. The third-order valence-electron chi connectivity index (χ3n) is 1.77.